The Labute approximate surface area is 168 Å². The first-order valence-electron chi connectivity index (χ1n) is 9.14. The van der Waals surface area contributed by atoms with Crippen molar-refractivity contribution in [3.8, 4) is 0 Å². The van der Waals surface area contributed by atoms with Crippen LogP contribution >= 0.6 is 11.8 Å². The Morgan fingerprint density at radius 2 is 1.61 bits per heavy atom. The molecule has 28 heavy (non-hydrogen) atoms. The minimum Gasteiger partial charge on any atom is -0.431 e. The Hall–Kier alpha value is -3.05. The third-order valence-electron chi connectivity index (χ3n) is 4.42. The summed E-state index contributed by atoms with van der Waals surface area (Å²) in [6.07, 6.45) is 0.740. The molecule has 5 heteroatoms. The van der Waals surface area contributed by atoms with Crippen molar-refractivity contribution in [2.45, 2.75) is 17.7 Å². The first kappa shape index (κ1) is 18.3. The van der Waals surface area contributed by atoms with Crippen LogP contribution in [0, 0.1) is 0 Å². The highest BCUT2D eigenvalue weighted by atomic mass is 32.2. The number of nitrogens with zero attached hydrogens (tertiary/aromatic N) is 1. The van der Waals surface area contributed by atoms with E-state index < -0.39 is 0 Å². The standard InChI is InChI=1S/C23H20N2O2S/c26-22(16-28-23-25-19-13-7-8-14-21(19)27-23)24-20(18-11-5-2-6-12-18)15-17-9-3-1-4-10-17/h1-14,20H,15-16H2,(H,24,26)/t20-/m0/s1. The number of nitrogens with one attached hydrogen (secondary N) is 1. The second-order valence-corrected chi connectivity index (χ2v) is 7.38. The number of amides is 1. The number of thioether (sulfide) groups is 1. The van der Waals surface area contributed by atoms with E-state index in [1.54, 1.807) is 0 Å². The lowest BCUT2D eigenvalue weighted by atomic mass is 9.99. The summed E-state index contributed by atoms with van der Waals surface area (Å²) in [5.41, 5.74) is 3.81. The highest BCUT2D eigenvalue weighted by Gasteiger charge is 2.16. The van der Waals surface area contributed by atoms with E-state index in [1.165, 1.54) is 17.3 Å². The van der Waals surface area contributed by atoms with E-state index in [0.717, 1.165) is 23.1 Å². The molecule has 3 aromatic carbocycles. The Kier molecular flexibility index (Phi) is 5.73. The van der Waals surface area contributed by atoms with Gasteiger partial charge in [-0.25, -0.2) is 4.98 Å². The molecule has 0 fully saturated rings. The summed E-state index contributed by atoms with van der Waals surface area (Å²) in [5.74, 6) is 0.210. The normalized spacial score (nSPS) is 12.0. The maximum Gasteiger partial charge on any atom is 0.257 e. The molecule has 0 aliphatic carbocycles. The second kappa shape index (κ2) is 8.76. The van der Waals surface area contributed by atoms with Gasteiger partial charge in [-0.2, -0.15) is 0 Å². The zero-order valence-electron chi connectivity index (χ0n) is 15.2. The topological polar surface area (TPSA) is 55.1 Å². The molecule has 0 saturated heterocycles. The molecule has 1 amide bonds. The van der Waals surface area contributed by atoms with E-state index in [0.29, 0.717) is 5.22 Å². The molecule has 1 N–H and O–H groups in total. The molecule has 4 rings (SSSR count). The third kappa shape index (κ3) is 4.61. The van der Waals surface area contributed by atoms with Gasteiger partial charge in [-0.05, 0) is 29.7 Å². The Morgan fingerprint density at radius 3 is 2.36 bits per heavy atom. The molecule has 0 aliphatic heterocycles. The smallest absolute Gasteiger partial charge is 0.257 e. The lowest BCUT2D eigenvalue weighted by Crippen LogP contribution is -2.31. The van der Waals surface area contributed by atoms with Gasteiger partial charge in [0.05, 0.1) is 11.8 Å². The number of fused-ring (bicyclic) bond motifs is 1. The highest BCUT2D eigenvalue weighted by Crippen LogP contribution is 2.24. The summed E-state index contributed by atoms with van der Waals surface area (Å²) in [6, 6.07) is 27.7. The molecule has 0 spiro atoms. The zero-order chi connectivity index (χ0) is 19.2. The van der Waals surface area contributed by atoms with E-state index in [4.69, 9.17) is 4.42 Å². The van der Waals surface area contributed by atoms with E-state index in [-0.39, 0.29) is 17.7 Å². The van der Waals surface area contributed by atoms with E-state index in [9.17, 15) is 4.79 Å². The number of carbonyl (C=O) groups excluding carboxylic acids is 1. The predicted molar refractivity (Wildman–Crippen MR) is 112 cm³/mol. The first-order valence-corrected chi connectivity index (χ1v) is 10.1. The van der Waals surface area contributed by atoms with Gasteiger partial charge in [-0.3, -0.25) is 4.79 Å². The van der Waals surface area contributed by atoms with Gasteiger partial charge in [0, 0.05) is 0 Å². The fourth-order valence-electron chi connectivity index (χ4n) is 3.06. The molecule has 1 atom stereocenters. The molecule has 0 aliphatic rings. The molecule has 140 valence electrons. The molecule has 0 saturated carbocycles. The molecule has 1 heterocycles. The quantitative estimate of drug-likeness (QED) is 0.452. The summed E-state index contributed by atoms with van der Waals surface area (Å²) in [7, 11) is 0. The summed E-state index contributed by atoms with van der Waals surface area (Å²) in [5, 5.41) is 3.67. The molecule has 4 nitrogen and oxygen atoms in total. The van der Waals surface area contributed by atoms with Gasteiger partial charge in [0.25, 0.3) is 5.22 Å². The van der Waals surface area contributed by atoms with Crippen LogP contribution in [0.3, 0.4) is 0 Å². The Morgan fingerprint density at radius 1 is 0.929 bits per heavy atom. The van der Waals surface area contributed by atoms with Gasteiger partial charge in [0.2, 0.25) is 5.91 Å². The molecule has 0 bridgehead atoms. The van der Waals surface area contributed by atoms with Crippen molar-refractivity contribution in [2.24, 2.45) is 0 Å². The number of oxazole rings is 1. The molecule has 1 aromatic heterocycles. The molecule has 4 aromatic rings. The van der Waals surface area contributed by atoms with Crippen LogP contribution in [0.2, 0.25) is 0 Å². The number of benzene rings is 3. The van der Waals surface area contributed by atoms with Crippen LogP contribution in [0.1, 0.15) is 17.2 Å². The van der Waals surface area contributed by atoms with Crippen molar-refractivity contribution in [1.29, 1.82) is 0 Å². The van der Waals surface area contributed by atoms with E-state index >= 15 is 0 Å². The van der Waals surface area contributed by atoms with Crippen molar-refractivity contribution in [1.82, 2.24) is 10.3 Å². The van der Waals surface area contributed by atoms with E-state index in [1.807, 2.05) is 72.8 Å². The van der Waals surface area contributed by atoms with Crippen LogP contribution < -0.4 is 5.32 Å². The minimum absolute atomic E-state index is 0.0444. The molecule has 0 unspecified atom stereocenters. The lowest BCUT2D eigenvalue weighted by molar-refractivity contribution is -0.119. The summed E-state index contributed by atoms with van der Waals surface area (Å²) in [6.45, 7) is 0. The largest absolute Gasteiger partial charge is 0.431 e. The van der Waals surface area contributed by atoms with Crippen LogP contribution in [0.5, 0.6) is 0 Å². The van der Waals surface area contributed by atoms with Crippen molar-refractivity contribution >= 4 is 28.8 Å². The van der Waals surface area contributed by atoms with Crippen molar-refractivity contribution in [2.75, 3.05) is 5.75 Å². The number of aromatic nitrogens is 1. The molecular weight excluding hydrogens is 368 g/mol. The van der Waals surface area contributed by atoms with Crippen LogP contribution in [-0.4, -0.2) is 16.6 Å². The van der Waals surface area contributed by atoms with E-state index in [2.05, 4.69) is 22.4 Å². The van der Waals surface area contributed by atoms with Crippen LogP contribution in [0.25, 0.3) is 11.1 Å². The van der Waals surface area contributed by atoms with Gasteiger partial charge in [-0.1, -0.05) is 84.6 Å². The van der Waals surface area contributed by atoms with Crippen LogP contribution in [0.4, 0.5) is 0 Å². The van der Waals surface area contributed by atoms with Crippen molar-refractivity contribution in [3.63, 3.8) is 0 Å². The third-order valence-corrected chi connectivity index (χ3v) is 5.25. The highest BCUT2D eigenvalue weighted by molar-refractivity contribution is 7.99. The number of carbonyl (C=O) groups is 1. The average molecular weight is 388 g/mol. The SMILES string of the molecule is O=C(CSc1nc2ccccc2o1)N[C@@H](Cc1ccccc1)c1ccccc1. The summed E-state index contributed by atoms with van der Waals surface area (Å²) < 4.78 is 5.68. The van der Waals surface area contributed by atoms with Gasteiger partial charge in [0.15, 0.2) is 5.58 Å². The van der Waals surface area contributed by atoms with Crippen LogP contribution in [-0.2, 0) is 11.2 Å². The lowest BCUT2D eigenvalue weighted by Gasteiger charge is -2.19. The monoisotopic (exact) mass is 388 g/mol. The van der Waals surface area contributed by atoms with Gasteiger partial charge < -0.3 is 9.73 Å². The van der Waals surface area contributed by atoms with Gasteiger partial charge in [-0.15, -0.1) is 0 Å². The molecular formula is C23H20N2O2S. The number of para-hydroxylation sites is 2. The summed E-state index contributed by atoms with van der Waals surface area (Å²) in [4.78, 5) is 17.0. The molecule has 0 radical (unpaired) electrons. The maximum atomic E-state index is 12.6. The fraction of sp³-hybridized carbons (Fsp3) is 0.130. The van der Waals surface area contributed by atoms with Gasteiger partial charge >= 0.3 is 0 Å². The van der Waals surface area contributed by atoms with Crippen molar-refractivity contribution in [3.05, 3.63) is 96.1 Å². The summed E-state index contributed by atoms with van der Waals surface area (Å²) >= 11 is 1.31. The second-order valence-electron chi connectivity index (χ2n) is 6.46. The van der Waals surface area contributed by atoms with Crippen molar-refractivity contribution < 1.29 is 9.21 Å². The zero-order valence-corrected chi connectivity index (χ0v) is 16.1. The predicted octanol–water partition coefficient (Wildman–Crippen LogP) is 5.02. The Balaban J connectivity index is 1.42. The van der Waals surface area contributed by atoms with Crippen LogP contribution in [0.15, 0.2) is 94.6 Å². The maximum absolute atomic E-state index is 12.6. The number of hydrogen-bond acceptors (Lipinski definition) is 4. The first-order chi connectivity index (χ1) is 13.8. The average Bonchev–Trinajstić information content (AvgIpc) is 3.16. The van der Waals surface area contributed by atoms with Gasteiger partial charge in [0.1, 0.15) is 5.52 Å². The fourth-order valence-corrected chi connectivity index (χ4v) is 3.71. The number of hydrogen-bond donors (Lipinski definition) is 1. The number of rotatable bonds is 7. The minimum atomic E-state index is -0.0830. The Bertz CT molecular complexity index is 1010.